The van der Waals surface area contributed by atoms with Crippen molar-refractivity contribution in [2.75, 3.05) is 0 Å². The lowest BCUT2D eigenvalue weighted by Crippen LogP contribution is -2.00. The van der Waals surface area contributed by atoms with Gasteiger partial charge in [-0.05, 0) is 40.6 Å². The first-order valence-corrected chi connectivity index (χ1v) is 15.8. The van der Waals surface area contributed by atoms with E-state index in [4.69, 9.17) is 23.8 Å². The molecule has 0 aliphatic heterocycles. The summed E-state index contributed by atoms with van der Waals surface area (Å²) in [7, 11) is 0. The van der Waals surface area contributed by atoms with Crippen LogP contribution in [-0.2, 0) is 0 Å². The fourth-order valence-corrected chi connectivity index (χ4v) is 6.79. The molecule has 0 unspecified atom stereocenters. The molecular weight excluding hydrogens is 592 g/mol. The highest BCUT2D eigenvalue weighted by atomic mass is 16.3. The molecule has 0 radical (unpaired) electrons. The third-order valence-electron chi connectivity index (χ3n) is 9.02. The second kappa shape index (κ2) is 10.4. The number of fused-ring (bicyclic) bond motifs is 7. The summed E-state index contributed by atoms with van der Waals surface area (Å²) in [6, 6.07) is 44.9. The fourth-order valence-electron chi connectivity index (χ4n) is 6.79. The van der Waals surface area contributed by atoms with Crippen LogP contribution in [0.2, 0.25) is 0 Å². The molecule has 6 aromatic carbocycles. The maximum absolute atomic E-state index is 6.55. The van der Waals surface area contributed by atoms with Crippen molar-refractivity contribution >= 4 is 54.6 Å². The number of nitrogens with zero attached hydrogens (tertiary/aromatic N) is 4. The summed E-state index contributed by atoms with van der Waals surface area (Å²) in [6.45, 7) is 0. The van der Waals surface area contributed by atoms with E-state index in [0.29, 0.717) is 17.5 Å². The summed E-state index contributed by atoms with van der Waals surface area (Å²) < 4.78 is 12.8. The van der Waals surface area contributed by atoms with E-state index in [1.807, 2.05) is 91.3 Å². The van der Waals surface area contributed by atoms with E-state index in [2.05, 4.69) is 59.6 Å². The van der Waals surface area contributed by atoms with Crippen molar-refractivity contribution in [1.29, 1.82) is 0 Å². The molecule has 48 heavy (non-hydrogen) atoms. The molecular formula is C42H24N4O2. The minimum atomic E-state index is 0.548. The number of furan rings is 2. The van der Waals surface area contributed by atoms with E-state index in [-0.39, 0.29) is 0 Å². The van der Waals surface area contributed by atoms with Crippen LogP contribution in [0.4, 0.5) is 0 Å². The van der Waals surface area contributed by atoms with Gasteiger partial charge in [0.05, 0.1) is 0 Å². The Kier molecular flexibility index (Phi) is 5.77. The van der Waals surface area contributed by atoms with Gasteiger partial charge >= 0.3 is 0 Å². The predicted molar refractivity (Wildman–Crippen MR) is 191 cm³/mol. The van der Waals surface area contributed by atoms with Gasteiger partial charge in [-0.3, -0.25) is 4.98 Å². The molecule has 10 rings (SSSR count). The molecule has 0 saturated carbocycles. The van der Waals surface area contributed by atoms with Gasteiger partial charge in [-0.1, -0.05) is 109 Å². The third kappa shape index (κ3) is 4.13. The van der Waals surface area contributed by atoms with Gasteiger partial charge in [-0.25, -0.2) is 15.0 Å². The Labute approximate surface area is 274 Å². The van der Waals surface area contributed by atoms with Crippen molar-refractivity contribution in [2.24, 2.45) is 0 Å². The monoisotopic (exact) mass is 616 g/mol. The number of pyridine rings is 1. The Bertz CT molecular complexity index is 2850. The molecule has 0 bridgehead atoms. The molecule has 0 fully saturated rings. The quantitative estimate of drug-likeness (QED) is 0.196. The topological polar surface area (TPSA) is 77.8 Å². The molecule has 0 N–H and O–H groups in total. The number of aromatic nitrogens is 4. The van der Waals surface area contributed by atoms with Gasteiger partial charge in [-0.15, -0.1) is 0 Å². The van der Waals surface area contributed by atoms with Gasteiger partial charge in [0.15, 0.2) is 17.5 Å². The van der Waals surface area contributed by atoms with E-state index < -0.39 is 0 Å². The van der Waals surface area contributed by atoms with Crippen LogP contribution in [-0.4, -0.2) is 19.9 Å². The maximum atomic E-state index is 6.55. The van der Waals surface area contributed by atoms with Gasteiger partial charge in [0, 0.05) is 56.2 Å². The van der Waals surface area contributed by atoms with Crippen molar-refractivity contribution in [3.8, 4) is 45.3 Å². The van der Waals surface area contributed by atoms with Crippen molar-refractivity contribution in [3.63, 3.8) is 0 Å². The van der Waals surface area contributed by atoms with Crippen LogP contribution >= 0.6 is 0 Å². The average Bonchev–Trinajstić information content (AvgIpc) is 3.73. The number of benzene rings is 6. The van der Waals surface area contributed by atoms with Gasteiger partial charge in [0.1, 0.15) is 22.3 Å². The number of para-hydroxylation sites is 1. The molecule has 6 heteroatoms. The molecule has 6 nitrogen and oxygen atoms in total. The average molecular weight is 617 g/mol. The standard InChI is InChI=1S/C42H24N4O2/c1-2-11-26(12-3-1)32-23-43-24-33-38-31(16-9-19-36(38)48-39(32)33)42-45-40(28-21-20-25-10-4-5-13-27(25)22-28)44-41(46-42)30-15-8-18-35-37(30)29-14-6-7-17-34(29)47-35/h1-24H. The number of hydrogen-bond donors (Lipinski definition) is 0. The zero-order valence-electron chi connectivity index (χ0n) is 25.5. The molecule has 0 spiro atoms. The minimum Gasteiger partial charge on any atom is -0.456 e. The Balaban J connectivity index is 1.26. The lowest BCUT2D eigenvalue weighted by atomic mass is 10.0. The van der Waals surface area contributed by atoms with Gasteiger partial charge in [0.25, 0.3) is 0 Å². The highest BCUT2D eigenvalue weighted by Crippen LogP contribution is 2.41. The number of rotatable bonds is 4. The van der Waals surface area contributed by atoms with Crippen LogP contribution in [0.15, 0.2) is 155 Å². The summed E-state index contributed by atoms with van der Waals surface area (Å²) in [4.78, 5) is 20.1. The normalized spacial score (nSPS) is 11.8. The lowest BCUT2D eigenvalue weighted by molar-refractivity contribution is 0.669. The molecule has 0 aliphatic rings. The summed E-state index contributed by atoms with van der Waals surface area (Å²) in [5, 5.41) is 6.06. The zero-order chi connectivity index (χ0) is 31.6. The van der Waals surface area contributed by atoms with Crippen LogP contribution in [0.1, 0.15) is 0 Å². The fraction of sp³-hybridized carbons (Fsp3) is 0. The van der Waals surface area contributed by atoms with Crippen LogP contribution in [0, 0.1) is 0 Å². The highest BCUT2D eigenvalue weighted by molar-refractivity contribution is 6.15. The molecule has 0 saturated heterocycles. The molecule has 4 heterocycles. The molecule has 0 amide bonds. The van der Waals surface area contributed by atoms with E-state index in [1.54, 1.807) is 0 Å². The summed E-state index contributed by atoms with van der Waals surface area (Å²) in [5.74, 6) is 1.69. The Morgan fingerprint density at radius 2 is 1.04 bits per heavy atom. The Hall–Kier alpha value is -6.66. The first-order valence-electron chi connectivity index (χ1n) is 15.8. The number of hydrogen-bond acceptors (Lipinski definition) is 6. The second-order valence-electron chi connectivity index (χ2n) is 11.9. The zero-order valence-corrected chi connectivity index (χ0v) is 25.5. The van der Waals surface area contributed by atoms with Crippen LogP contribution in [0.25, 0.3) is 99.9 Å². The van der Waals surface area contributed by atoms with E-state index in [1.165, 1.54) is 0 Å². The summed E-state index contributed by atoms with van der Waals surface area (Å²) in [6.07, 6.45) is 3.72. The van der Waals surface area contributed by atoms with E-state index in [9.17, 15) is 0 Å². The van der Waals surface area contributed by atoms with Gasteiger partial charge in [-0.2, -0.15) is 0 Å². The first kappa shape index (κ1) is 26.5. The third-order valence-corrected chi connectivity index (χ3v) is 9.02. The molecule has 0 atom stereocenters. The molecule has 224 valence electrons. The van der Waals surface area contributed by atoms with E-state index in [0.717, 1.165) is 82.5 Å². The van der Waals surface area contributed by atoms with Gasteiger partial charge in [0.2, 0.25) is 0 Å². The second-order valence-corrected chi connectivity index (χ2v) is 11.9. The van der Waals surface area contributed by atoms with Crippen molar-refractivity contribution in [1.82, 2.24) is 19.9 Å². The molecule has 0 aliphatic carbocycles. The smallest absolute Gasteiger partial charge is 0.164 e. The minimum absolute atomic E-state index is 0.548. The molecule has 4 aromatic heterocycles. The lowest BCUT2D eigenvalue weighted by Gasteiger charge is -2.10. The first-order chi connectivity index (χ1) is 23.8. The van der Waals surface area contributed by atoms with Crippen LogP contribution in [0.5, 0.6) is 0 Å². The van der Waals surface area contributed by atoms with Crippen molar-refractivity contribution in [2.45, 2.75) is 0 Å². The van der Waals surface area contributed by atoms with Crippen LogP contribution < -0.4 is 0 Å². The summed E-state index contributed by atoms with van der Waals surface area (Å²) in [5.41, 5.74) is 7.71. The van der Waals surface area contributed by atoms with E-state index >= 15 is 0 Å². The Morgan fingerprint density at radius 1 is 0.396 bits per heavy atom. The van der Waals surface area contributed by atoms with Gasteiger partial charge < -0.3 is 8.83 Å². The van der Waals surface area contributed by atoms with Crippen molar-refractivity contribution < 1.29 is 8.83 Å². The summed E-state index contributed by atoms with van der Waals surface area (Å²) >= 11 is 0. The maximum Gasteiger partial charge on any atom is 0.164 e. The molecule has 10 aromatic rings. The SMILES string of the molecule is c1ccc(-c2cncc3c2oc2cccc(-c4nc(-c5ccc6ccccc6c5)nc(-c5cccc6oc7ccccc7c56)n4)c23)cc1. The largest absolute Gasteiger partial charge is 0.456 e. The predicted octanol–water partition coefficient (Wildman–Crippen LogP) is 10.9. The van der Waals surface area contributed by atoms with Crippen molar-refractivity contribution in [3.05, 3.63) is 146 Å². The van der Waals surface area contributed by atoms with Crippen LogP contribution in [0.3, 0.4) is 0 Å². The Morgan fingerprint density at radius 3 is 1.85 bits per heavy atom. The highest BCUT2D eigenvalue weighted by Gasteiger charge is 2.21.